The van der Waals surface area contributed by atoms with E-state index in [1.807, 2.05) is 0 Å². The summed E-state index contributed by atoms with van der Waals surface area (Å²) in [7, 11) is 1.73. The van der Waals surface area contributed by atoms with E-state index in [-0.39, 0.29) is 41.4 Å². The van der Waals surface area contributed by atoms with Crippen LogP contribution >= 0.6 is 0 Å². The van der Waals surface area contributed by atoms with Gasteiger partial charge in [0.1, 0.15) is 24.0 Å². The Morgan fingerprint density at radius 1 is 1.02 bits per heavy atom. The Morgan fingerprint density at radius 3 is 2.34 bits per heavy atom. The number of alkyl carbamates (subject to hydrolysis) is 1. The second-order valence-electron chi connectivity index (χ2n) is 14.5. The first-order chi connectivity index (χ1) is 22.4. The number of aromatic carboxylic acids is 1. The number of rotatable bonds is 9. The molecule has 47 heavy (non-hydrogen) atoms. The number of benzene rings is 1. The number of nitrogens with zero attached hydrogens (tertiary/aromatic N) is 1. The molecule has 11 nitrogen and oxygen atoms in total. The second kappa shape index (κ2) is 14.6. The van der Waals surface area contributed by atoms with Crippen molar-refractivity contribution in [1.29, 1.82) is 0 Å². The molecule has 0 radical (unpaired) electrons. The summed E-state index contributed by atoms with van der Waals surface area (Å²) < 4.78 is 24.9. The van der Waals surface area contributed by atoms with Gasteiger partial charge in [0.05, 0.1) is 12.1 Å². The van der Waals surface area contributed by atoms with Gasteiger partial charge in [-0.2, -0.15) is 0 Å². The Kier molecular flexibility index (Phi) is 10.8. The summed E-state index contributed by atoms with van der Waals surface area (Å²) in [6.07, 6.45) is 6.31. The van der Waals surface area contributed by atoms with E-state index in [0.717, 1.165) is 32.1 Å². The summed E-state index contributed by atoms with van der Waals surface area (Å²) in [6, 6.07) is 5.43. The van der Waals surface area contributed by atoms with Crippen molar-refractivity contribution in [3.05, 3.63) is 30.0 Å². The third-order valence-corrected chi connectivity index (χ3v) is 10.3. The van der Waals surface area contributed by atoms with Crippen LogP contribution in [0, 0.1) is 23.7 Å². The number of hydrogen-bond donors (Lipinski definition) is 4. The van der Waals surface area contributed by atoms with Crippen molar-refractivity contribution in [3.8, 4) is 0 Å². The van der Waals surface area contributed by atoms with Gasteiger partial charge in [-0.05, 0) is 121 Å². The van der Waals surface area contributed by atoms with E-state index >= 15 is 0 Å². The molecule has 1 aromatic heterocycles. The quantitative estimate of drug-likeness (QED) is 0.263. The van der Waals surface area contributed by atoms with E-state index in [1.165, 1.54) is 6.07 Å². The number of hydrogen-bond acceptors (Lipinski definition) is 6. The largest absolute Gasteiger partial charge is 0.477 e. The molecule has 0 bridgehead atoms. The fourth-order valence-corrected chi connectivity index (χ4v) is 7.93. The minimum Gasteiger partial charge on any atom is -0.477 e. The lowest BCUT2D eigenvalue weighted by atomic mass is 9.75. The minimum absolute atomic E-state index is 0.0108. The van der Waals surface area contributed by atoms with Gasteiger partial charge in [-0.1, -0.05) is 0 Å². The lowest BCUT2D eigenvalue weighted by molar-refractivity contribution is -0.142. The molecule has 3 fully saturated rings. The first kappa shape index (κ1) is 34.7. The molecular weight excluding hydrogens is 607 g/mol. The average molecular weight is 657 g/mol. The Labute approximate surface area is 275 Å². The molecule has 5 rings (SSSR count). The molecule has 0 spiro atoms. The van der Waals surface area contributed by atoms with Crippen molar-refractivity contribution in [1.82, 2.24) is 15.2 Å². The highest BCUT2D eigenvalue weighted by molar-refractivity contribution is 6.00. The molecule has 2 heterocycles. The smallest absolute Gasteiger partial charge is 0.407 e. The van der Waals surface area contributed by atoms with Crippen LogP contribution in [0.2, 0.25) is 0 Å². The highest BCUT2D eigenvalue weighted by Crippen LogP contribution is 2.42. The molecular formula is C35H49FN4O7. The number of carboxylic acids is 1. The van der Waals surface area contributed by atoms with Crippen molar-refractivity contribution in [2.45, 2.75) is 102 Å². The van der Waals surface area contributed by atoms with Crippen molar-refractivity contribution in [2.75, 3.05) is 25.6 Å². The maximum atomic E-state index is 14.1. The summed E-state index contributed by atoms with van der Waals surface area (Å²) in [5, 5.41) is 15.7. The molecule has 258 valence electrons. The number of H-pyrrole nitrogens is 1. The first-order valence-electron chi connectivity index (χ1n) is 16.9. The first-order valence-corrected chi connectivity index (χ1v) is 16.9. The summed E-state index contributed by atoms with van der Waals surface area (Å²) in [6.45, 7) is 5.05. The summed E-state index contributed by atoms with van der Waals surface area (Å²) in [5.74, 6) is -1.43. The number of carbonyl (C=O) groups excluding carboxylic acids is 3. The summed E-state index contributed by atoms with van der Waals surface area (Å²) in [5.41, 5.74) is 0.566. The molecule has 2 aromatic rings. The third kappa shape index (κ3) is 8.25. The van der Waals surface area contributed by atoms with Gasteiger partial charge >= 0.3 is 12.1 Å². The Balaban J connectivity index is 1.28. The predicted octanol–water partition coefficient (Wildman–Crippen LogP) is 5.90. The van der Waals surface area contributed by atoms with Crippen LogP contribution in [0.25, 0.3) is 10.9 Å². The Hall–Kier alpha value is -3.67. The van der Waals surface area contributed by atoms with Crippen LogP contribution in [0.1, 0.15) is 89.0 Å². The molecule has 2 saturated carbocycles. The number of carbonyl (C=O) groups is 4. The second-order valence-corrected chi connectivity index (χ2v) is 14.5. The zero-order valence-electron chi connectivity index (χ0n) is 27.9. The van der Waals surface area contributed by atoms with Crippen molar-refractivity contribution in [3.63, 3.8) is 0 Å². The van der Waals surface area contributed by atoms with Crippen molar-refractivity contribution >= 4 is 40.5 Å². The van der Waals surface area contributed by atoms with Gasteiger partial charge in [0.2, 0.25) is 11.8 Å². The van der Waals surface area contributed by atoms with Gasteiger partial charge in [-0.25, -0.2) is 14.0 Å². The van der Waals surface area contributed by atoms with E-state index in [0.29, 0.717) is 54.7 Å². The van der Waals surface area contributed by atoms with E-state index in [2.05, 4.69) is 15.6 Å². The fraction of sp³-hybridized carbons (Fsp3) is 0.657. The topological polar surface area (TPSA) is 150 Å². The van der Waals surface area contributed by atoms with Crippen molar-refractivity contribution in [2.24, 2.45) is 23.7 Å². The lowest BCUT2D eigenvalue weighted by Crippen LogP contribution is -2.50. The lowest BCUT2D eigenvalue weighted by Gasteiger charge is -2.38. The van der Waals surface area contributed by atoms with E-state index < -0.39 is 36.4 Å². The van der Waals surface area contributed by atoms with Gasteiger partial charge in [0.25, 0.3) is 0 Å². The SMILES string of the molecule is COC1CCC([C@@H]2CCN(C(=O)[C@H]3CC[C@@H]([C@H](CF)NC(=O)OC(C)(C)C)CC3)[C@@H]2C(=O)Nc2ccc3[nH]c(C(=O)O)cc3c2)CC1. The van der Waals surface area contributed by atoms with Gasteiger partial charge in [-0.3, -0.25) is 9.59 Å². The molecule has 4 N–H and O–H groups in total. The number of alkyl halides is 1. The predicted molar refractivity (Wildman–Crippen MR) is 175 cm³/mol. The average Bonchev–Trinajstić information content (AvgIpc) is 3.68. The third-order valence-electron chi connectivity index (χ3n) is 10.3. The summed E-state index contributed by atoms with van der Waals surface area (Å²) in [4.78, 5) is 56.6. The number of amides is 3. The summed E-state index contributed by atoms with van der Waals surface area (Å²) >= 11 is 0. The van der Waals surface area contributed by atoms with Crippen LogP contribution in [-0.4, -0.2) is 83.0 Å². The highest BCUT2D eigenvalue weighted by Gasteiger charge is 2.47. The number of halogens is 1. The number of aromatic amines is 1. The Bertz CT molecular complexity index is 1440. The van der Waals surface area contributed by atoms with E-state index in [9.17, 15) is 28.7 Å². The molecule has 12 heteroatoms. The van der Waals surface area contributed by atoms with Crippen LogP contribution < -0.4 is 10.6 Å². The number of anilines is 1. The van der Waals surface area contributed by atoms with Crippen LogP contribution in [0.3, 0.4) is 0 Å². The number of nitrogens with one attached hydrogen (secondary N) is 3. The molecule has 0 unspecified atom stereocenters. The number of ether oxygens (including phenoxy) is 2. The highest BCUT2D eigenvalue weighted by atomic mass is 19.1. The van der Waals surface area contributed by atoms with Crippen LogP contribution in [0.4, 0.5) is 14.9 Å². The fourth-order valence-electron chi connectivity index (χ4n) is 7.93. The molecule has 3 atom stereocenters. The number of fused-ring (bicyclic) bond motifs is 1. The van der Waals surface area contributed by atoms with E-state index in [1.54, 1.807) is 51.0 Å². The van der Waals surface area contributed by atoms with Crippen LogP contribution in [0.15, 0.2) is 24.3 Å². The van der Waals surface area contributed by atoms with Gasteiger partial charge in [0.15, 0.2) is 0 Å². The maximum absolute atomic E-state index is 14.1. The standard InChI is InChI=1S/C35H49FN4O7/c1-35(2,3)47-34(45)39-29(19-36)21-5-7-22(8-6-21)32(42)40-16-15-26(20-9-12-25(46-4)13-10-20)30(40)31(41)37-24-11-14-27-23(17-24)18-28(38-27)33(43)44/h11,14,17-18,20-22,25-26,29-30,38H,5-10,12-13,15-16,19H2,1-4H3,(H,37,41)(H,39,45)(H,43,44)/t20?,21-,22+,25?,26-,29-,30-/m0/s1. The normalized spacial score (nSPS) is 27.3. The number of likely N-dealkylation sites (tertiary alicyclic amines) is 1. The monoisotopic (exact) mass is 656 g/mol. The van der Waals surface area contributed by atoms with Gasteiger partial charge in [-0.15, -0.1) is 0 Å². The molecule has 1 aromatic carbocycles. The number of aromatic nitrogens is 1. The van der Waals surface area contributed by atoms with Crippen LogP contribution in [-0.2, 0) is 19.1 Å². The molecule has 3 amide bonds. The van der Waals surface area contributed by atoms with Gasteiger partial charge in [0, 0.05) is 36.2 Å². The maximum Gasteiger partial charge on any atom is 0.407 e. The number of methoxy groups -OCH3 is 1. The Morgan fingerprint density at radius 2 is 1.72 bits per heavy atom. The molecule has 2 aliphatic carbocycles. The van der Waals surface area contributed by atoms with Crippen molar-refractivity contribution < 1.29 is 38.1 Å². The van der Waals surface area contributed by atoms with Gasteiger partial charge < -0.3 is 35.1 Å². The molecule has 3 aliphatic rings. The zero-order chi connectivity index (χ0) is 33.9. The molecule has 1 saturated heterocycles. The van der Waals surface area contributed by atoms with Crippen LogP contribution in [0.5, 0.6) is 0 Å². The number of carboxylic acid groups (broad SMARTS) is 1. The minimum atomic E-state index is -1.06. The van der Waals surface area contributed by atoms with E-state index in [4.69, 9.17) is 9.47 Å². The zero-order valence-corrected chi connectivity index (χ0v) is 27.9. The molecule has 1 aliphatic heterocycles.